The van der Waals surface area contributed by atoms with Gasteiger partial charge in [0.15, 0.2) is 6.10 Å². The lowest BCUT2D eigenvalue weighted by molar-refractivity contribution is -0.123. The molecule has 88 valence electrons. The fourth-order valence-corrected chi connectivity index (χ4v) is 1.38. The van der Waals surface area contributed by atoms with Crippen LogP contribution in [0.15, 0.2) is 24.3 Å². The maximum atomic E-state index is 10.8. The molecular weight excluding hydrogens is 202 g/mol. The quantitative estimate of drug-likeness (QED) is 0.801. The van der Waals surface area contributed by atoms with E-state index in [-0.39, 0.29) is 0 Å². The number of rotatable bonds is 6. The van der Waals surface area contributed by atoms with Crippen LogP contribution in [0.25, 0.3) is 0 Å². The van der Waals surface area contributed by atoms with Gasteiger partial charge in [-0.2, -0.15) is 0 Å². The van der Waals surface area contributed by atoms with Crippen LogP contribution in [-0.4, -0.2) is 12.0 Å². The number of unbranched alkanes of at least 4 members (excludes halogenated alkanes) is 1. The van der Waals surface area contributed by atoms with Gasteiger partial charge < -0.3 is 10.5 Å². The molecule has 0 saturated heterocycles. The first kappa shape index (κ1) is 12.6. The molecule has 1 atom stereocenters. The summed E-state index contributed by atoms with van der Waals surface area (Å²) in [6.45, 7) is 3.82. The van der Waals surface area contributed by atoms with Crippen molar-refractivity contribution in [3.63, 3.8) is 0 Å². The van der Waals surface area contributed by atoms with Crippen molar-refractivity contribution in [2.45, 2.75) is 39.2 Å². The Balaban J connectivity index is 2.54. The average Bonchev–Trinajstić information content (AvgIpc) is 2.28. The summed E-state index contributed by atoms with van der Waals surface area (Å²) in [5, 5.41) is 0. The van der Waals surface area contributed by atoms with Gasteiger partial charge >= 0.3 is 0 Å². The number of carbonyl (C=O) groups excluding carboxylic acids is 1. The minimum Gasteiger partial charge on any atom is -0.481 e. The van der Waals surface area contributed by atoms with Crippen molar-refractivity contribution in [3.8, 4) is 5.75 Å². The maximum Gasteiger partial charge on any atom is 0.258 e. The highest BCUT2D eigenvalue weighted by molar-refractivity contribution is 5.78. The van der Waals surface area contributed by atoms with Crippen LogP contribution in [0.4, 0.5) is 0 Å². The van der Waals surface area contributed by atoms with Crippen LogP contribution in [0.5, 0.6) is 5.75 Å². The molecule has 1 aromatic carbocycles. The maximum absolute atomic E-state index is 10.8. The van der Waals surface area contributed by atoms with E-state index in [2.05, 4.69) is 6.92 Å². The fourth-order valence-electron chi connectivity index (χ4n) is 1.38. The van der Waals surface area contributed by atoms with Gasteiger partial charge in [0.25, 0.3) is 5.91 Å². The lowest BCUT2D eigenvalue weighted by Gasteiger charge is -2.11. The molecule has 1 unspecified atom stereocenters. The summed E-state index contributed by atoms with van der Waals surface area (Å²) in [5.41, 5.74) is 6.41. The minimum absolute atomic E-state index is 0.449. The molecule has 3 heteroatoms. The molecular formula is C13H19NO2. The lowest BCUT2D eigenvalue weighted by atomic mass is 10.1. The molecule has 2 N–H and O–H groups in total. The van der Waals surface area contributed by atoms with Crippen molar-refractivity contribution >= 4 is 5.91 Å². The predicted molar refractivity (Wildman–Crippen MR) is 64.3 cm³/mol. The van der Waals surface area contributed by atoms with Gasteiger partial charge in [-0.25, -0.2) is 0 Å². The summed E-state index contributed by atoms with van der Waals surface area (Å²) in [5.74, 6) is 0.238. The van der Waals surface area contributed by atoms with Crippen LogP contribution in [-0.2, 0) is 11.2 Å². The Morgan fingerprint density at radius 3 is 2.50 bits per heavy atom. The van der Waals surface area contributed by atoms with Gasteiger partial charge in [0, 0.05) is 0 Å². The van der Waals surface area contributed by atoms with Crippen molar-refractivity contribution in [3.05, 3.63) is 29.8 Å². The topological polar surface area (TPSA) is 52.3 Å². The summed E-state index contributed by atoms with van der Waals surface area (Å²) in [7, 11) is 0. The molecule has 0 saturated carbocycles. The van der Waals surface area contributed by atoms with Gasteiger partial charge in [-0.1, -0.05) is 25.5 Å². The molecule has 16 heavy (non-hydrogen) atoms. The number of aryl methyl sites for hydroxylation is 1. The highest BCUT2D eigenvalue weighted by Gasteiger charge is 2.09. The Morgan fingerprint density at radius 2 is 2.00 bits per heavy atom. The Bertz CT molecular complexity index is 332. The first-order valence-electron chi connectivity index (χ1n) is 5.68. The largest absolute Gasteiger partial charge is 0.481 e. The molecule has 1 aromatic rings. The molecule has 1 rings (SSSR count). The van der Waals surface area contributed by atoms with E-state index in [9.17, 15) is 4.79 Å². The standard InChI is InChI=1S/C13H19NO2/c1-3-4-5-11-6-8-12(9-7-11)16-10(2)13(14)15/h6-10H,3-5H2,1-2H3,(H2,14,15). The molecule has 0 aromatic heterocycles. The number of hydrogen-bond acceptors (Lipinski definition) is 2. The first-order chi connectivity index (χ1) is 7.63. The lowest BCUT2D eigenvalue weighted by Crippen LogP contribution is -2.30. The molecule has 3 nitrogen and oxygen atoms in total. The number of ether oxygens (including phenoxy) is 1. The number of primary amides is 1. The van der Waals surface area contributed by atoms with Crippen LogP contribution >= 0.6 is 0 Å². The molecule has 0 aliphatic rings. The van der Waals surface area contributed by atoms with E-state index in [4.69, 9.17) is 10.5 Å². The Morgan fingerprint density at radius 1 is 1.38 bits per heavy atom. The Hall–Kier alpha value is -1.51. The molecule has 0 bridgehead atoms. The van der Waals surface area contributed by atoms with E-state index >= 15 is 0 Å². The van der Waals surface area contributed by atoms with Crippen LogP contribution in [0.2, 0.25) is 0 Å². The van der Waals surface area contributed by atoms with Gasteiger partial charge in [0.05, 0.1) is 0 Å². The van der Waals surface area contributed by atoms with E-state index in [0.717, 1.165) is 6.42 Å². The first-order valence-corrected chi connectivity index (χ1v) is 5.68. The fraction of sp³-hybridized carbons (Fsp3) is 0.462. The van der Waals surface area contributed by atoms with Crippen LogP contribution in [0.3, 0.4) is 0 Å². The van der Waals surface area contributed by atoms with E-state index < -0.39 is 12.0 Å². The highest BCUT2D eigenvalue weighted by Crippen LogP contribution is 2.15. The van der Waals surface area contributed by atoms with Crippen molar-refractivity contribution in [2.75, 3.05) is 0 Å². The highest BCUT2D eigenvalue weighted by atomic mass is 16.5. The van der Waals surface area contributed by atoms with Crippen LogP contribution in [0.1, 0.15) is 32.3 Å². The molecule has 0 radical (unpaired) electrons. The zero-order valence-electron chi connectivity index (χ0n) is 9.90. The van der Waals surface area contributed by atoms with Crippen LogP contribution in [0, 0.1) is 0 Å². The second-order valence-electron chi connectivity index (χ2n) is 3.91. The van der Waals surface area contributed by atoms with Gasteiger partial charge in [-0.05, 0) is 37.5 Å². The molecule has 0 aliphatic carbocycles. The van der Waals surface area contributed by atoms with Crippen molar-refractivity contribution in [1.82, 2.24) is 0 Å². The van der Waals surface area contributed by atoms with Crippen molar-refractivity contribution in [1.29, 1.82) is 0 Å². The van der Waals surface area contributed by atoms with E-state index in [1.165, 1.54) is 18.4 Å². The third kappa shape index (κ3) is 3.93. The summed E-state index contributed by atoms with van der Waals surface area (Å²) < 4.78 is 5.36. The average molecular weight is 221 g/mol. The molecule has 0 aliphatic heterocycles. The monoisotopic (exact) mass is 221 g/mol. The molecule has 0 heterocycles. The van der Waals surface area contributed by atoms with Gasteiger partial charge in [-0.3, -0.25) is 4.79 Å². The van der Waals surface area contributed by atoms with E-state index in [0.29, 0.717) is 5.75 Å². The van der Waals surface area contributed by atoms with Gasteiger partial charge in [0.2, 0.25) is 0 Å². The zero-order chi connectivity index (χ0) is 12.0. The number of carbonyl (C=O) groups is 1. The second-order valence-corrected chi connectivity index (χ2v) is 3.91. The SMILES string of the molecule is CCCCc1ccc(OC(C)C(N)=O)cc1. The van der Waals surface area contributed by atoms with E-state index in [1.807, 2.05) is 24.3 Å². The molecule has 0 fully saturated rings. The number of hydrogen-bond donors (Lipinski definition) is 1. The summed E-state index contributed by atoms with van der Waals surface area (Å²) in [4.78, 5) is 10.8. The van der Waals surface area contributed by atoms with E-state index in [1.54, 1.807) is 6.92 Å². The Labute approximate surface area is 96.6 Å². The smallest absolute Gasteiger partial charge is 0.258 e. The number of nitrogens with two attached hydrogens (primary N) is 1. The molecule has 0 spiro atoms. The second kappa shape index (κ2) is 6.16. The summed E-state index contributed by atoms with van der Waals surface area (Å²) in [6.07, 6.45) is 2.89. The van der Waals surface area contributed by atoms with Crippen molar-refractivity contribution < 1.29 is 9.53 Å². The van der Waals surface area contributed by atoms with Crippen LogP contribution < -0.4 is 10.5 Å². The minimum atomic E-state index is -0.582. The molecule has 1 amide bonds. The summed E-state index contributed by atoms with van der Waals surface area (Å²) in [6, 6.07) is 7.81. The van der Waals surface area contributed by atoms with Gasteiger partial charge in [0.1, 0.15) is 5.75 Å². The normalized spacial score (nSPS) is 12.1. The summed E-state index contributed by atoms with van der Waals surface area (Å²) >= 11 is 0. The van der Waals surface area contributed by atoms with Crippen molar-refractivity contribution in [2.24, 2.45) is 5.73 Å². The zero-order valence-corrected chi connectivity index (χ0v) is 9.90. The number of benzene rings is 1. The van der Waals surface area contributed by atoms with Gasteiger partial charge in [-0.15, -0.1) is 0 Å². The predicted octanol–water partition coefficient (Wildman–Crippen LogP) is 2.28. The third-order valence-electron chi connectivity index (χ3n) is 2.46. The number of amides is 1. The Kier molecular flexibility index (Phi) is 4.83. The third-order valence-corrected chi connectivity index (χ3v) is 2.46.